The molecule has 0 atom stereocenters. The quantitative estimate of drug-likeness (QED) is 0.908. The molecule has 4 nitrogen and oxygen atoms in total. The zero-order valence-electron chi connectivity index (χ0n) is 11.5. The van der Waals surface area contributed by atoms with Gasteiger partial charge in [0, 0.05) is 16.0 Å². The highest BCUT2D eigenvalue weighted by Gasteiger charge is 2.10. The number of ether oxygens (including phenoxy) is 1. The molecule has 0 saturated heterocycles. The van der Waals surface area contributed by atoms with E-state index in [2.05, 4.69) is 25.9 Å². The second-order valence-electron chi connectivity index (χ2n) is 4.73. The monoisotopic (exact) mass is 336 g/mol. The smallest absolute Gasteiger partial charge is 0.162 e. The number of benzene rings is 1. The predicted octanol–water partition coefficient (Wildman–Crippen LogP) is 3.43. The molecule has 5 heteroatoms. The van der Waals surface area contributed by atoms with Crippen LogP contribution < -0.4 is 4.74 Å². The molecule has 1 heterocycles. The maximum atomic E-state index is 9.40. The molecule has 0 fully saturated rings. The maximum absolute atomic E-state index is 9.40. The second kappa shape index (κ2) is 6.81. The molecular weight excluding hydrogens is 320 g/mol. The Labute approximate surface area is 127 Å². The summed E-state index contributed by atoms with van der Waals surface area (Å²) in [6.45, 7) is 4.27. The Morgan fingerprint density at radius 3 is 2.70 bits per heavy atom. The molecule has 0 amide bonds. The van der Waals surface area contributed by atoms with Gasteiger partial charge in [0.25, 0.3) is 0 Å². The molecule has 1 aromatic carbocycles. The number of hydrogen-bond donors (Lipinski definition) is 1. The predicted molar refractivity (Wildman–Crippen MR) is 80.5 cm³/mol. The Morgan fingerprint density at radius 2 is 2.05 bits per heavy atom. The lowest BCUT2D eigenvalue weighted by Gasteiger charge is -2.12. The fraction of sp³-hybridized carbons (Fsp3) is 0.333. The van der Waals surface area contributed by atoms with E-state index in [1.54, 1.807) is 6.20 Å². The van der Waals surface area contributed by atoms with Gasteiger partial charge in [0.2, 0.25) is 0 Å². The highest BCUT2D eigenvalue weighted by atomic mass is 79.9. The molecule has 20 heavy (non-hydrogen) atoms. The molecule has 2 aromatic rings. The normalized spacial score (nSPS) is 10.8. The first-order valence-corrected chi connectivity index (χ1v) is 7.24. The summed E-state index contributed by atoms with van der Waals surface area (Å²) in [5.41, 5.74) is 1.56. The Bertz CT molecular complexity index is 588. The van der Waals surface area contributed by atoms with Crippen LogP contribution in [0, 0.1) is 0 Å². The van der Waals surface area contributed by atoms with Crippen LogP contribution in [0.2, 0.25) is 0 Å². The first kappa shape index (κ1) is 14.9. The van der Waals surface area contributed by atoms with Crippen molar-refractivity contribution in [3.05, 3.63) is 52.0 Å². The van der Waals surface area contributed by atoms with Crippen LogP contribution in [0.5, 0.6) is 5.75 Å². The van der Waals surface area contributed by atoms with E-state index in [-0.39, 0.29) is 12.5 Å². The van der Waals surface area contributed by atoms with Crippen LogP contribution in [-0.4, -0.2) is 15.1 Å². The molecule has 106 valence electrons. The lowest BCUT2D eigenvalue weighted by Crippen LogP contribution is -2.06. The third kappa shape index (κ3) is 3.55. The van der Waals surface area contributed by atoms with Crippen LogP contribution in [-0.2, 0) is 13.2 Å². The summed E-state index contributed by atoms with van der Waals surface area (Å²) in [5, 5.41) is 9.40. The topological polar surface area (TPSA) is 55.2 Å². The summed E-state index contributed by atoms with van der Waals surface area (Å²) in [7, 11) is 0. The molecule has 1 aromatic heterocycles. The van der Waals surface area contributed by atoms with Gasteiger partial charge in [0.05, 0.1) is 12.8 Å². The average molecular weight is 337 g/mol. The zero-order chi connectivity index (χ0) is 14.5. The first-order chi connectivity index (χ1) is 9.61. The Balaban J connectivity index is 2.15. The van der Waals surface area contributed by atoms with Crippen molar-refractivity contribution >= 4 is 15.9 Å². The van der Waals surface area contributed by atoms with Gasteiger partial charge in [-0.1, -0.05) is 48.0 Å². The summed E-state index contributed by atoms with van der Waals surface area (Å²) in [6, 6.07) is 7.85. The van der Waals surface area contributed by atoms with Crippen molar-refractivity contribution in [1.82, 2.24) is 9.97 Å². The number of hydrogen-bond acceptors (Lipinski definition) is 4. The lowest BCUT2D eigenvalue weighted by molar-refractivity contribution is 0.251. The van der Waals surface area contributed by atoms with Crippen LogP contribution >= 0.6 is 15.9 Å². The van der Waals surface area contributed by atoms with Gasteiger partial charge in [0.1, 0.15) is 18.1 Å². The molecule has 2 rings (SSSR count). The molecule has 0 aliphatic rings. The van der Waals surface area contributed by atoms with Gasteiger partial charge in [-0.25, -0.2) is 9.97 Å². The number of aliphatic hydroxyl groups excluding tert-OH is 1. The van der Waals surface area contributed by atoms with Crippen molar-refractivity contribution < 1.29 is 9.84 Å². The second-order valence-corrected chi connectivity index (χ2v) is 5.59. The fourth-order valence-corrected chi connectivity index (χ4v) is 2.10. The van der Waals surface area contributed by atoms with E-state index in [0.717, 1.165) is 10.0 Å². The van der Waals surface area contributed by atoms with Crippen LogP contribution in [0.25, 0.3) is 0 Å². The van der Waals surface area contributed by atoms with E-state index in [0.29, 0.717) is 23.9 Å². The van der Waals surface area contributed by atoms with Crippen LogP contribution in [0.3, 0.4) is 0 Å². The minimum atomic E-state index is -0.159. The van der Waals surface area contributed by atoms with Gasteiger partial charge in [0.15, 0.2) is 5.75 Å². The van der Waals surface area contributed by atoms with Crippen molar-refractivity contribution in [2.75, 3.05) is 0 Å². The molecule has 0 radical (unpaired) electrons. The largest absolute Gasteiger partial charge is 0.485 e. The van der Waals surface area contributed by atoms with E-state index >= 15 is 0 Å². The SMILES string of the molecule is CC(C)c1ncc(OCc2ccccc2Br)c(CO)n1. The van der Waals surface area contributed by atoms with E-state index in [9.17, 15) is 5.11 Å². The Kier molecular flexibility index (Phi) is 5.09. The molecular formula is C15H17BrN2O2. The van der Waals surface area contributed by atoms with Crippen molar-refractivity contribution in [2.24, 2.45) is 0 Å². The minimum Gasteiger partial charge on any atom is -0.485 e. The van der Waals surface area contributed by atoms with Crippen LogP contribution in [0.15, 0.2) is 34.9 Å². The zero-order valence-corrected chi connectivity index (χ0v) is 13.1. The highest BCUT2D eigenvalue weighted by molar-refractivity contribution is 9.10. The molecule has 1 N–H and O–H groups in total. The van der Waals surface area contributed by atoms with E-state index in [1.807, 2.05) is 38.1 Å². The molecule has 0 unspecified atom stereocenters. The third-order valence-corrected chi connectivity index (χ3v) is 3.63. The van der Waals surface area contributed by atoms with Gasteiger partial charge in [-0.3, -0.25) is 0 Å². The molecule has 0 spiro atoms. The maximum Gasteiger partial charge on any atom is 0.162 e. The van der Waals surface area contributed by atoms with Gasteiger partial charge >= 0.3 is 0 Å². The minimum absolute atomic E-state index is 0.159. The molecule has 0 bridgehead atoms. The van der Waals surface area contributed by atoms with Gasteiger partial charge in [-0.2, -0.15) is 0 Å². The first-order valence-electron chi connectivity index (χ1n) is 6.44. The summed E-state index contributed by atoms with van der Waals surface area (Å²) in [6.07, 6.45) is 1.63. The number of aliphatic hydroxyl groups is 1. The fourth-order valence-electron chi connectivity index (χ4n) is 1.70. The summed E-state index contributed by atoms with van der Waals surface area (Å²) in [5.74, 6) is 1.45. The third-order valence-electron chi connectivity index (χ3n) is 2.86. The average Bonchev–Trinajstić information content (AvgIpc) is 2.46. The van der Waals surface area contributed by atoms with E-state index in [4.69, 9.17) is 4.74 Å². The van der Waals surface area contributed by atoms with Crippen molar-refractivity contribution in [3.8, 4) is 5.75 Å². The summed E-state index contributed by atoms with van der Waals surface area (Å²) < 4.78 is 6.71. The van der Waals surface area contributed by atoms with Crippen LogP contribution in [0.4, 0.5) is 0 Å². The van der Waals surface area contributed by atoms with Gasteiger partial charge in [-0.15, -0.1) is 0 Å². The van der Waals surface area contributed by atoms with E-state index in [1.165, 1.54) is 0 Å². The van der Waals surface area contributed by atoms with Crippen LogP contribution in [0.1, 0.15) is 36.8 Å². The van der Waals surface area contributed by atoms with Crippen molar-refractivity contribution in [1.29, 1.82) is 0 Å². The summed E-state index contributed by atoms with van der Waals surface area (Å²) >= 11 is 3.48. The number of aromatic nitrogens is 2. The number of nitrogens with zero attached hydrogens (tertiary/aromatic N) is 2. The summed E-state index contributed by atoms with van der Waals surface area (Å²) in [4.78, 5) is 8.59. The van der Waals surface area contributed by atoms with Gasteiger partial charge in [-0.05, 0) is 6.07 Å². The van der Waals surface area contributed by atoms with Gasteiger partial charge < -0.3 is 9.84 Å². The molecule has 0 aliphatic carbocycles. The standard InChI is InChI=1S/C15H17BrN2O2/c1-10(2)15-17-7-14(13(8-19)18-15)20-9-11-5-3-4-6-12(11)16/h3-7,10,19H,8-9H2,1-2H3. The van der Waals surface area contributed by atoms with Crippen molar-refractivity contribution in [2.45, 2.75) is 33.0 Å². The molecule has 0 aliphatic heterocycles. The van der Waals surface area contributed by atoms with E-state index < -0.39 is 0 Å². The Morgan fingerprint density at radius 1 is 1.30 bits per heavy atom. The number of halogens is 1. The lowest BCUT2D eigenvalue weighted by atomic mass is 10.2. The number of rotatable bonds is 5. The Hall–Kier alpha value is -1.46. The molecule has 0 saturated carbocycles. The van der Waals surface area contributed by atoms with Crippen molar-refractivity contribution in [3.63, 3.8) is 0 Å². The highest BCUT2D eigenvalue weighted by Crippen LogP contribution is 2.22.